The third kappa shape index (κ3) is 2.40. The zero-order valence-electron chi connectivity index (χ0n) is 9.80. The lowest BCUT2D eigenvalue weighted by Gasteiger charge is -2.21. The van der Waals surface area contributed by atoms with Crippen molar-refractivity contribution in [3.63, 3.8) is 0 Å². The zero-order valence-corrected chi connectivity index (χ0v) is 9.80. The van der Waals surface area contributed by atoms with Crippen LogP contribution in [0.5, 0.6) is 0 Å². The van der Waals surface area contributed by atoms with Crippen molar-refractivity contribution in [2.45, 2.75) is 31.7 Å². The number of carbonyl (C=O) groups is 1. The summed E-state index contributed by atoms with van der Waals surface area (Å²) in [6.07, 6.45) is 6.38. The highest BCUT2D eigenvalue weighted by atomic mass is 16.2. The molecule has 3 rings (SSSR count). The van der Waals surface area contributed by atoms with Crippen molar-refractivity contribution in [3.8, 4) is 0 Å². The van der Waals surface area contributed by atoms with Crippen LogP contribution >= 0.6 is 0 Å². The van der Waals surface area contributed by atoms with Crippen LogP contribution in [0.2, 0.25) is 0 Å². The summed E-state index contributed by atoms with van der Waals surface area (Å²) in [5, 5.41) is 0. The maximum absolute atomic E-state index is 12.3. The maximum Gasteiger partial charge on any atom is 0.272 e. The number of pyridine rings is 1. The van der Waals surface area contributed by atoms with E-state index in [1.807, 2.05) is 4.90 Å². The van der Waals surface area contributed by atoms with Gasteiger partial charge in [0.25, 0.3) is 5.91 Å². The van der Waals surface area contributed by atoms with E-state index in [1.165, 1.54) is 12.8 Å². The van der Waals surface area contributed by atoms with Crippen molar-refractivity contribution < 1.29 is 4.79 Å². The van der Waals surface area contributed by atoms with E-state index in [0.29, 0.717) is 17.4 Å². The fraction of sp³-hybridized carbons (Fsp3) is 0.538. The predicted octanol–water partition coefficient (Wildman–Crippen LogP) is 1.68. The van der Waals surface area contributed by atoms with Crippen LogP contribution < -0.4 is 5.73 Å². The minimum atomic E-state index is 0.0689. The molecule has 4 nitrogen and oxygen atoms in total. The Morgan fingerprint density at radius 3 is 2.65 bits per heavy atom. The molecular weight excluding hydrogens is 214 g/mol. The van der Waals surface area contributed by atoms with E-state index in [0.717, 1.165) is 25.3 Å². The molecule has 0 radical (unpaired) electrons. The summed E-state index contributed by atoms with van der Waals surface area (Å²) >= 11 is 0. The molecule has 1 aromatic rings. The summed E-state index contributed by atoms with van der Waals surface area (Å²) in [4.78, 5) is 18.5. The summed E-state index contributed by atoms with van der Waals surface area (Å²) in [6.45, 7) is 0.912. The topological polar surface area (TPSA) is 59.2 Å². The number of nitrogens with two attached hydrogens (primary N) is 1. The molecule has 0 bridgehead atoms. The van der Waals surface area contributed by atoms with Gasteiger partial charge in [-0.15, -0.1) is 0 Å². The molecule has 0 atom stereocenters. The first-order chi connectivity index (χ1) is 8.24. The summed E-state index contributed by atoms with van der Waals surface area (Å²) in [5.41, 5.74) is 6.70. The van der Waals surface area contributed by atoms with Crippen LogP contribution in [0.15, 0.2) is 18.3 Å². The Bertz CT molecular complexity index is 421. The second kappa shape index (κ2) is 4.02. The summed E-state index contributed by atoms with van der Waals surface area (Å²) in [5.74, 6) is 0.799. The third-order valence-corrected chi connectivity index (χ3v) is 3.41. The second-order valence-corrected chi connectivity index (χ2v) is 5.11. The lowest BCUT2D eigenvalue weighted by atomic mass is 10.2. The Labute approximate surface area is 101 Å². The Balaban J connectivity index is 1.75. The predicted molar refractivity (Wildman–Crippen MR) is 65.4 cm³/mol. The van der Waals surface area contributed by atoms with Gasteiger partial charge in [-0.05, 0) is 43.7 Å². The molecule has 1 aromatic heterocycles. The molecule has 4 heteroatoms. The summed E-state index contributed by atoms with van der Waals surface area (Å²) in [6, 6.07) is 3.92. The maximum atomic E-state index is 12.3. The fourth-order valence-corrected chi connectivity index (χ4v) is 2.04. The van der Waals surface area contributed by atoms with Gasteiger partial charge in [-0.1, -0.05) is 0 Å². The Morgan fingerprint density at radius 2 is 2.12 bits per heavy atom. The van der Waals surface area contributed by atoms with Gasteiger partial charge in [0.1, 0.15) is 5.69 Å². The van der Waals surface area contributed by atoms with Gasteiger partial charge in [0, 0.05) is 12.6 Å². The molecular formula is C13H17N3O. The van der Waals surface area contributed by atoms with Crippen molar-refractivity contribution in [1.29, 1.82) is 0 Å². The van der Waals surface area contributed by atoms with Crippen LogP contribution in [0.4, 0.5) is 5.69 Å². The van der Waals surface area contributed by atoms with Gasteiger partial charge in [-0.25, -0.2) is 4.98 Å². The average molecular weight is 231 g/mol. The molecule has 0 unspecified atom stereocenters. The number of hydrogen-bond acceptors (Lipinski definition) is 3. The minimum Gasteiger partial charge on any atom is -0.397 e. The Hall–Kier alpha value is -1.58. The number of anilines is 1. The SMILES string of the molecule is Nc1ccc(C(=O)N(CC2CC2)C2CC2)nc1. The van der Waals surface area contributed by atoms with E-state index in [4.69, 9.17) is 5.73 Å². The molecule has 2 saturated carbocycles. The highest BCUT2D eigenvalue weighted by Gasteiger charge is 2.37. The standard InChI is InChI=1S/C13H17N3O/c14-10-3-6-12(15-7-10)13(17)16(11-4-5-11)8-9-1-2-9/h3,6-7,9,11H,1-2,4-5,8,14H2. The first kappa shape index (κ1) is 10.6. The van der Waals surface area contributed by atoms with Gasteiger partial charge in [0.15, 0.2) is 0 Å². The molecule has 0 spiro atoms. The molecule has 1 heterocycles. The quantitative estimate of drug-likeness (QED) is 0.857. The number of amides is 1. The highest BCUT2D eigenvalue weighted by molar-refractivity contribution is 5.93. The van der Waals surface area contributed by atoms with Gasteiger partial charge in [-0.2, -0.15) is 0 Å². The molecule has 0 aliphatic heterocycles. The normalized spacial score (nSPS) is 19.1. The lowest BCUT2D eigenvalue weighted by Crippen LogP contribution is -2.35. The van der Waals surface area contributed by atoms with Gasteiger partial charge in [0.05, 0.1) is 11.9 Å². The molecule has 90 valence electrons. The van der Waals surface area contributed by atoms with Gasteiger partial charge < -0.3 is 10.6 Å². The van der Waals surface area contributed by atoms with Crippen LogP contribution in [0.25, 0.3) is 0 Å². The van der Waals surface area contributed by atoms with Crippen molar-refractivity contribution in [3.05, 3.63) is 24.0 Å². The molecule has 2 N–H and O–H groups in total. The van der Waals surface area contributed by atoms with Gasteiger partial charge in [-0.3, -0.25) is 4.79 Å². The summed E-state index contributed by atoms with van der Waals surface area (Å²) < 4.78 is 0. The zero-order chi connectivity index (χ0) is 11.8. The van der Waals surface area contributed by atoms with Crippen LogP contribution in [-0.4, -0.2) is 28.4 Å². The molecule has 2 aliphatic carbocycles. The van der Waals surface area contributed by atoms with Crippen LogP contribution in [-0.2, 0) is 0 Å². The number of carbonyl (C=O) groups excluding carboxylic acids is 1. The van der Waals surface area contributed by atoms with Gasteiger partial charge >= 0.3 is 0 Å². The summed E-state index contributed by atoms with van der Waals surface area (Å²) in [7, 11) is 0. The smallest absolute Gasteiger partial charge is 0.272 e. The van der Waals surface area contributed by atoms with E-state index >= 15 is 0 Å². The number of rotatable bonds is 4. The number of aromatic nitrogens is 1. The molecule has 2 aliphatic rings. The van der Waals surface area contributed by atoms with Crippen LogP contribution in [0.3, 0.4) is 0 Å². The van der Waals surface area contributed by atoms with Crippen molar-refractivity contribution in [2.24, 2.45) is 5.92 Å². The van der Waals surface area contributed by atoms with Crippen molar-refractivity contribution >= 4 is 11.6 Å². The number of nitrogen functional groups attached to an aromatic ring is 1. The van der Waals surface area contributed by atoms with Crippen LogP contribution in [0, 0.1) is 5.92 Å². The van der Waals surface area contributed by atoms with E-state index in [9.17, 15) is 4.79 Å². The van der Waals surface area contributed by atoms with Crippen molar-refractivity contribution in [2.75, 3.05) is 12.3 Å². The Morgan fingerprint density at radius 1 is 1.35 bits per heavy atom. The van der Waals surface area contributed by atoms with E-state index in [2.05, 4.69) is 4.98 Å². The number of nitrogens with zero attached hydrogens (tertiary/aromatic N) is 2. The highest BCUT2D eigenvalue weighted by Crippen LogP contribution is 2.35. The molecule has 1 amide bonds. The van der Waals surface area contributed by atoms with Gasteiger partial charge in [0.2, 0.25) is 0 Å². The lowest BCUT2D eigenvalue weighted by molar-refractivity contribution is 0.0729. The van der Waals surface area contributed by atoms with E-state index in [1.54, 1.807) is 18.3 Å². The molecule has 0 saturated heterocycles. The minimum absolute atomic E-state index is 0.0689. The molecule has 2 fully saturated rings. The average Bonchev–Trinajstić information content (AvgIpc) is 3.18. The molecule has 17 heavy (non-hydrogen) atoms. The first-order valence-electron chi connectivity index (χ1n) is 6.26. The number of hydrogen-bond donors (Lipinski definition) is 1. The molecule has 0 aromatic carbocycles. The van der Waals surface area contributed by atoms with Crippen molar-refractivity contribution in [1.82, 2.24) is 9.88 Å². The van der Waals surface area contributed by atoms with Crippen LogP contribution in [0.1, 0.15) is 36.2 Å². The van der Waals surface area contributed by atoms with E-state index in [-0.39, 0.29) is 5.91 Å². The Kier molecular flexibility index (Phi) is 2.50. The first-order valence-corrected chi connectivity index (χ1v) is 6.26. The largest absolute Gasteiger partial charge is 0.397 e. The van der Waals surface area contributed by atoms with E-state index < -0.39 is 0 Å². The monoisotopic (exact) mass is 231 g/mol. The second-order valence-electron chi connectivity index (χ2n) is 5.11. The fourth-order valence-electron chi connectivity index (χ4n) is 2.04. The third-order valence-electron chi connectivity index (χ3n) is 3.41.